The summed E-state index contributed by atoms with van der Waals surface area (Å²) in [6.45, 7) is 3.78. The summed E-state index contributed by atoms with van der Waals surface area (Å²) >= 11 is 0. The average Bonchev–Trinajstić information content (AvgIpc) is 2.60. The Balaban J connectivity index is 2.08. The maximum atomic E-state index is 13.2. The largest absolute Gasteiger partial charge is 0.462 e. The standard InChI is InChI=1S/C19H18F2O4/c1-12(2)10-24-18(22)14-5-3-4-6-15(14)19(23)25-11-13-7-8-16(20)17(21)9-13/h3-9,12H,10-11H2,1-2H3. The first-order chi connectivity index (χ1) is 11.9. The van der Waals surface area contributed by atoms with Gasteiger partial charge in [0, 0.05) is 0 Å². The summed E-state index contributed by atoms with van der Waals surface area (Å²) in [6.07, 6.45) is 0. The molecule has 0 heterocycles. The van der Waals surface area contributed by atoms with Gasteiger partial charge in [-0.2, -0.15) is 0 Å². The molecule has 0 bridgehead atoms. The van der Waals surface area contributed by atoms with E-state index in [1.807, 2.05) is 13.8 Å². The summed E-state index contributed by atoms with van der Waals surface area (Å²) in [4.78, 5) is 24.3. The highest BCUT2D eigenvalue weighted by Gasteiger charge is 2.19. The third kappa shape index (κ3) is 5.11. The number of rotatable bonds is 6. The molecule has 6 heteroatoms. The summed E-state index contributed by atoms with van der Waals surface area (Å²) < 4.78 is 36.3. The van der Waals surface area contributed by atoms with Crippen molar-refractivity contribution < 1.29 is 27.8 Å². The van der Waals surface area contributed by atoms with Gasteiger partial charge in [-0.05, 0) is 35.7 Å². The molecule has 0 atom stereocenters. The Bertz CT molecular complexity index is 772. The van der Waals surface area contributed by atoms with Crippen LogP contribution in [0.15, 0.2) is 42.5 Å². The monoisotopic (exact) mass is 348 g/mol. The molecule has 0 spiro atoms. The van der Waals surface area contributed by atoms with Crippen molar-refractivity contribution in [3.63, 3.8) is 0 Å². The first-order valence-corrected chi connectivity index (χ1v) is 7.75. The van der Waals surface area contributed by atoms with Gasteiger partial charge >= 0.3 is 11.9 Å². The smallest absolute Gasteiger partial charge is 0.339 e. The SMILES string of the molecule is CC(C)COC(=O)c1ccccc1C(=O)OCc1ccc(F)c(F)c1. The second kappa shape index (κ2) is 8.37. The van der Waals surface area contributed by atoms with E-state index in [-0.39, 0.29) is 30.3 Å². The highest BCUT2D eigenvalue weighted by molar-refractivity contribution is 6.03. The first-order valence-electron chi connectivity index (χ1n) is 7.75. The van der Waals surface area contributed by atoms with Gasteiger partial charge in [0.15, 0.2) is 11.6 Å². The van der Waals surface area contributed by atoms with E-state index in [0.717, 1.165) is 12.1 Å². The maximum Gasteiger partial charge on any atom is 0.339 e. The van der Waals surface area contributed by atoms with Gasteiger partial charge in [0.05, 0.1) is 17.7 Å². The van der Waals surface area contributed by atoms with Crippen LogP contribution in [0.3, 0.4) is 0 Å². The van der Waals surface area contributed by atoms with Crippen molar-refractivity contribution >= 4 is 11.9 Å². The molecule has 2 aromatic rings. The van der Waals surface area contributed by atoms with E-state index >= 15 is 0 Å². The predicted octanol–water partition coefficient (Wildman–Crippen LogP) is 4.13. The Labute approximate surface area is 144 Å². The predicted molar refractivity (Wildman–Crippen MR) is 87.0 cm³/mol. The molecule has 0 saturated carbocycles. The lowest BCUT2D eigenvalue weighted by molar-refractivity contribution is 0.0418. The Morgan fingerprint density at radius 3 is 2.08 bits per heavy atom. The van der Waals surface area contributed by atoms with Gasteiger partial charge in [-0.3, -0.25) is 0 Å². The molecule has 2 aromatic carbocycles. The zero-order valence-electron chi connectivity index (χ0n) is 13.9. The lowest BCUT2D eigenvalue weighted by atomic mass is 10.1. The molecule has 132 valence electrons. The van der Waals surface area contributed by atoms with Crippen LogP contribution in [0.25, 0.3) is 0 Å². The van der Waals surface area contributed by atoms with Crippen LogP contribution in [0.2, 0.25) is 0 Å². The van der Waals surface area contributed by atoms with Crippen molar-refractivity contribution in [1.29, 1.82) is 0 Å². The number of carbonyl (C=O) groups excluding carboxylic acids is 2. The average molecular weight is 348 g/mol. The van der Waals surface area contributed by atoms with Gasteiger partial charge in [0.25, 0.3) is 0 Å². The molecule has 4 nitrogen and oxygen atoms in total. The molecule has 0 N–H and O–H groups in total. The van der Waals surface area contributed by atoms with Gasteiger partial charge in [0.1, 0.15) is 6.61 Å². The molecule has 0 aliphatic carbocycles. The fourth-order valence-electron chi connectivity index (χ4n) is 2.02. The minimum Gasteiger partial charge on any atom is -0.462 e. The molecule has 25 heavy (non-hydrogen) atoms. The molecular weight excluding hydrogens is 330 g/mol. The topological polar surface area (TPSA) is 52.6 Å². The Hall–Kier alpha value is -2.76. The number of halogens is 2. The van der Waals surface area contributed by atoms with E-state index in [9.17, 15) is 18.4 Å². The van der Waals surface area contributed by atoms with Crippen molar-refractivity contribution in [3.8, 4) is 0 Å². The molecule has 0 saturated heterocycles. The lowest BCUT2D eigenvalue weighted by Gasteiger charge is -2.11. The molecule has 0 aliphatic rings. The van der Waals surface area contributed by atoms with Crippen LogP contribution in [0.5, 0.6) is 0 Å². The van der Waals surface area contributed by atoms with E-state index in [1.54, 1.807) is 12.1 Å². The molecule has 0 amide bonds. The fourth-order valence-corrected chi connectivity index (χ4v) is 2.02. The van der Waals surface area contributed by atoms with E-state index < -0.39 is 23.6 Å². The van der Waals surface area contributed by atoms with Gasteiger partial charge in [-0.15, -0.1) is 0 Å². The summed E-state index contributed by atoms with van der Waals surface area (Å²) in [5.74, 6) is -3.20. The Morgan fingerprint density at radius 1 is 0.920 bits per heavy atom. The molecular formula is C19H18F2O4. The van der Waals surface area contributed by atoms with Crippen LogP contribution in [-0.2, 0) is 16.1 Å². The number of carbonyl (C=O) groups is 2. The lowest BCUT2D eigenvalue weighted by Crippen LogP contribution is -2.16. The van der Waals surface area contributed by atoms with Crippen molar-refractivity contribution in [2.24, 2.45) is 5.92 Å². The van der Waals surface area contributed by atoms with Crippen LogP contribution in [0.1, 0.15) is 40.1 Å². The first kappa shape index (κ1) is 18.6. The second-order valence-corrected chi connectivity index (χ2v) is 5.86. The van der Waals surface area contributed by atoms with Crippen molar-refractivity contribution in [1.82, 2.24) is 0 Å². The molecule has 0 fully saturated rings. The number of hydrogen-bond acceptors (Lipinski definition) is 4. The third-order valence-electron chi connectivity index (χ3n) is 3.27. The molecule has 0 unspecified atom stereocenters. The summed E-state index contributed by atoms with van der Waals surface area (Å²) in [5, 5.41) is 0. The van der Waals surface area contributed by atoms with Crippen molar-refractivity contribution in [3.05, 3.63) is 70.8 Å². The summed E-state index contributed by atoms with van der Waals surface area (Å²) in [6, 6.07) is 9.33. The Kier molecular flexibility index (Phi) is 6.22. The van der Waals surface area contributed by atoms with Crippen LogP contribution < -0.4 is 0 Å². The van der Waals surface area contributed by atoms with Crippen LogP contribution in [0.4, 0.5) is 8.78 Å². The quantitative estimate of drug-likeness (QED) is 0.737. The van der Waals surface area contributed by atoms with Gasteiger partial charge in [0.2, 0.25) is 0 Å². The van der Waals surface area contributed by atoms with E-state index in [2.05, 4.69) is 0 Å². The van der Waals surface area contributed by atoms with Gasteiger partial charge in [-0.1, -0.05) is 32.0 Å². The summed E-state index contributed by atoms with van der Waals surface area (Å²) in [5.41, 5.74) is 0.449. The van der Waals surface area contributed by atoms with Gasteiger partial charge < -0.3 is 9.47 Å². The highest BCUT2D eigenvalue weighted by Crippen LogP contribution is 2.15. The highest BCUT2D eigenvalue weighted by atomic mass is 19.2. The van der Waals surface area contributed by atoms with E-state index in [4.69, 9.17) is 9.47 Å². The number of esters is 2. The van der Waals surface area contributed by atoms with E-state index in [1.165, 1.54) is 18.2 Å². The number of hydrogen-bond donors (Lipinski definition) is 0. The van der Waals surface area contributed by atoms with Crippen molar-refractivity contribution in [2.75, 3.05) is 6.61 Å². The van der Waals surface area contributed by atoms with Crippen LogP contribution in [-0.4, -0.2) is 18.5 Å². The zero-order chi connectivity index (χ0) is 18.4. The van der Waals surface area contributed by atoms with Gasteiger partial charge in [-0.25, -0.2) is 18.4 Å². The number of ether oxygens (including phenoxy) is 2. The maximum absolute atomic E-state index is 13.2. The van der Waals surface area contributed by atoms with E-state index in [0.29, 0.717) is 5.56 Å². The number of benzene rings is 2. The van der Waals surface area contributed by atoms with Crippen molar-refractivity contribution in [2.45, 2.75) is 20.5 Å². The zero-order valence-corrected chi connectivity index (χ0v) is 13.9. The molecule has 0 aromatic heterocycles. The molecule has 0 aliphatic heterocycles. The normalized spacial score (nSPS) is 10.6. The minimum atomic E-state index is -1.02. The minimum absolute atomic E-state index is 0.0545. The Morgan fingerprint density at radius 2 is 1.52 bits per heavy atom. The summed E-state index contributed by atoms with van der Waals surface area (Å²) in [7, 11) is 0. The molecule has 0 radical (unpaired) electrons. The van der Waals surface area contributed by atoms with Crippen LogP contribution >= 0.6 is 0 Å². The molecule has 2 rings (SSSR count). The second-order valence-electron chi connectivity index (χ2n) is 5.86. The fraction of sp³-hybridized carbons (Fsp3) is 0.263. The third-order valence-corrected chi connectivity index (χ3v) is 3.27. The van der Waals surface area contributed by atoms with Crippen LogP contribution in [0, 0.1) is 17.6 Å².